The zero-order valence-electron chi connectivity index (χ0n) is 12.9. The minimum Gasteiger partial charge on any atom is -0.479 e. The predicted molar refractivity (Wildman–Crippen MR) is 86.9 cm³/mol. The largest absolute Gasteiger partial charge is 0.479 e. The van der Waals surface area contributed by atoms with Gasteiger partial charge in [0.25, 0.3) is 0 Å². The first-order chi connectivity index (χ1) is 10.8. The Morgan fingerprint density at radius 1 is 1.22 bits per heavy atom. The summed E-state index contributed by atoms with van der Waals surface area (Å²) in [4.78, 5) is 23.6. The third-order valence-corrected chi connectivity index (χ3v) is 3.96. The first-order valence-electron chi connectivity index (χ1n) is 6.88. The van der Waals surface area contributed by atoms with E-state index in [2.05, 4.69) is 5.32 Å². The van der Waals surface area contributed by atoms with Crippen LogP contribution in [0.25, 0.3) is 0 Å². The number of carboxylic acid groups (broad SMARTS) is 1. The molecule has 1 rings (SSSR count). The van der Waals surface area contributed by atoms with Gasteiger partial charge in [0.15, 0.2) is 5.54 Å². The monoisotopic (exact) mass is 363 g/mol. The van der Waals surface area contributed by atoms with E-state index in [-0.39, 0.29) is 18.1 Å². The van der Waals surface area contributed by atoms with Gasteiger partial charge in [0, 0.05) is 13.5 Å². The van der Waals surface area contributed by atoms with Crippen LogP contribution in [0.4, 0.5) is 0 Å². The summed E-state index contributed by atoms with van der Waals surface area (Å²) >= 11 is 11.8. The maximum atomic E-state index is 12.0. The first kappa shape index (κ1) is 19.7. The lowest BCUT2D eigenvalue weighted by molar-refractivity contribution is -0.147. The molecule has 23 heavy (non-hydrogen) atoms. The number of hydrogen-bond donors (Lipinski definition) is 2. The summed E-state index contributed by atoms with van der Waals surface area (Å²) in [5, 5.41) is 12.5. The molecule has 1 unspecified atom stereocenters. The highest BCUT2D eigenvalue weighted by Gasteiger charge is 2.37. The Hall–Kier alpha value is -1.34. The van der Waals surface area contributed by atoms with E-state index in [0.717, 1.165) is 0 Å². The lowest BCUT2D eigenvalue weighted by Crippen LogP contribution is -2.49. The second-order valence-electron chi connectivity index (χ2n) is 4.96. The fourth-order valence-corrected chi connectivity index (χ4v) is 2.10. The van der Waals surface area contributed by atoms with Gasteiger partial charge in [-0.15, -0.1) is 0 Å². The van der Waals surface area contributed by atoms with Crippen LogP contribution in [0.3, 0.4) is 0 Å². The van der Waals surface area contributed by atoms with Crippen molar-refractivity contribution in [3.05, 3.63) is 33.8 Å². The fraction of sp³-hybridized carbons (Fsp3) is 0.467. The molecule has 6 nitrogen and oxygen atoms in total. The van der Waals surface area contributed by atoms with Crippen LogP contribution in [0, 0.1) is 0 Å². The fourth-order valence-electron chi connectivity index (χ4n) is 1.81. The number of nitrogens with one attached hydrogen (secondary N) is 1. The smallest absolute Gasteiger partial charge is 0.333 e. The molecule has 0 aromatic heterocycles. The van der Waals surface area contributed by atoms with E-state index in [4.69, 9.17) is 32.7 Å². The van der Waals surface area contributed by atoms with E-state index in [1.54, 1.807) is 7.11 Å². The van der Waals surface area contributed by atoms with Crippen molar-refractivity contribution in [1.29, 1.82) is 0 Å². The number of methoxy groups -OCH3 is 1. The molecule has 0 heterocycles. The van der Waals surface area contributed by atoms with Crippen LogP contribution in [0.2, 0.25) is 10.0 Å². The minimum absolute atomic E-state index is 0.0356. The minimum atomic E-state index is -1.61. The van der Waals surface area contributed by atoms with Crippen LogP contribution in [0.1, 0.15) is 18.9 Å². The third-order valence-electron chi connectivity index (χ3n) is 3.22. The van der Waals surface area contributed by atoms with Gasteiger partial charge in [0.2, 0.25) is 5.91 Å². The molecule has 0 aliphatic carbocycles. The highest BCUT2D eigenvalue weighted by molar-refractivity contribution is 6.42. The van der Waals surface area contributed by atoms with Gasteiger partial charge < -0.3 is 19.9 Å². The van der Waals surface area contributed by atoms with Crippen molar-refractivity contribution in [2.75, 3.05) is 26.9 Å². The van der Waals surface area contributed by atoms with Gasteiger partial charge in [-0.1, -0.05) is 29.3 Å². The van der Waals surface area contributed by atoms with Crippen LogP contribution >= 0.6 is 23.2 Å². The van der Waals surface area contributed by atoms with Gasteiger partial charge in [-0.25, -0.2) is 4.79 Å². The van der Waals surface area contributed by atoms with Crippen LogP contribution in [0.15, 0.2) is 18.2 Å². The Kier molecular flexibility index (Phi) is 7.78. The molecule has 0 aliphatic heterocycles. The molecular weight excluding hydrogens is 345 g/mol. The lowest BCUT2D eigenvalue weighted by Gasteiger charge is -2.27. The van der Waals surface area contributed by atoms with Crippen LogP contribution in [0.5, 0.6) is 0 Å². The maximum Gasteiger partial charge on any atom is 0.333 e. The van der Waals surface area contributed by atoms with Crippen LogP contribution in [-0.4, -0.2) is 43.9 Å². The van der Waals surface area contributed by atoms with Crippen molar-refractivity contribution in [3.8, 4) is 0 Å². The zero-order chi connectivity index (χ0) is 17.5. The quantitative estimate of drug-likeness (QED) is 0.658. The van der Waals surface area contributed by atoms with Crippen molar-refractivity contribution in [1.82, 2.24) is 5.32 Å². The van der Waals surface area contributed by atoms with Gasteiger partial charge in [-0.2, -0.15) is 0 Å². The molecule has 2 N–H and O–H groups in total. The second kappa shape index (κ2) is 9.08. The van der Waals surface area contributed by atoms with Crippen molar-refractivity contribution in [2.24, 2.45) is 0 Å². The molecule has 0 saturated heterocycles. The molecule has 1 aromatic carbocycles. The Balaban J connectivity index is 2.75. The summed E-state index contributed by atoms with van der Waals surface area (Å²) in [5.41, 5.74) is -1.29. The topological polar surface area (TPSA) is 84.9 Å². The van der Waals surface area contributed by atoms with Gasteiger partial charge in [-0.05, 0) is 24.6 Å². The number of benzene rings is 1. The van der Waals surface area contributed by atoms with Crippen molar-refractivity contribution >= 4 is 35.1 Å². The molecule has 8 heteroatoms. The summed E-state index contributed by atoms with van der Waals surface area (Å²) in [6.45, 7) is 2.36. The van der Waals surface area contributed by atoms with Crippen molar-refractivity contribution in [3.63, 3.8) is 0 Å². The molecule has 0 aliphatic rings. The Morgan fingerprint density at radius 2 is 1.91 bits per heavy atom. The molecular formula is C15H19Cl2NO5. The molecule has 0 spiro atoms. The number of carboxylic acids is 1. The van der Waals surface area contributed by atoms with Crippen molar-refractivity contribution in [2.45, 2.75) is 18.9 Å². The summed E-state index contributed by atoms with van der Waals surface area (Å²) in [7, 11) is 1.55. The Bertz CT molecular complexity index is 567. The zero-order valence-corrected chi connectivity index (χ0v) is 14.4. The predicted octanol–water partition coefficient (Wildman–Crippen LogP) is 2.46. The highest BCUT2D eigenvalue weighted by Crippen LogP contribution is 2.29. The SMILES string of the molecule is COCCOCCC(=O)NC(C)(C(=O)O)c1ccc(Cl)c(Cl)c1. The molecule has 128 valence electrons. The molecule has 0 radical (unpaired) electrons. The van der Waals surface area contributed by atoms with E-state index in [1.165, 1.54) is 25.1 Å². The number of amides is 1. The van der Waals surface area contributed by atoms with E-state index < -0.39 is 17.4 Å². The van der Waals surface area contributed by atoms with E-state index in [9.17, 15) is 14.7 Å². The average molecular weight is 364 g/mol. The number of aliphatic carboxylic acids is 1. The Morgan fingerprint density at radius 3 is 2.48 bits per heavy atom. The molecule has 1 atom stereocenters. The van der Waals surface area contributed by atoms with Gasteiger partial charge in [0.1, 0.15) is 0 Å². The summed E-state index contributed by atoms with van der Waals surface area (Å²) in [6, 6.07) is 4.42. The van der Waals surface area contributed by atoms with E-state index >= 15 is 0 Å². The normalized spacial score (nSPS) is 13.4. The Labute approximate surface area is 144 Å². The summed E-state index contributed by atoms with van der Waals surface area (Å²) in [5.74, 6) is -1.65. The number of carbonyl (C=O) groups excluding carboxylic acids is 1. The summed E-state index contributed by atoms with van der Waals surface area (Å²) in [6.07, 6.45) is 0.0356. The highest BCUT2D eigenvalue weighted by atomic mass is 35.5. The number of halogens is 2. The molecule has 0 bridgehead atoms. The summed E-state index contributed by atoms with van der Waals surface area (Å²) < 4.78 is 10.0. The van der Waals surface area contributed by atoms with E-state index in [1.807, 2.05) is 0 Å². The molecule has 0 fully saturated rings. The molecule has 1 amide bonds. The molecule has 1 aromatic rings. The number of ether oxygens (including phenoxy) is 2. The van der Waals surface area contributed by atoms with Crippen molar-refractivity contribution < 1.29 is 24.2 Å². The number of carbonyl (C=O) groups is 2. The third kappa shape index (κ3) is 5.66. The van der Waals surface area contributed by atoms with Gasteiger partial charge in [-0.3, -0.25) is 4.79 Å². The maximum absolute atomic E-state index is 12.0. The van der Waals surface area contributed by atoms with Gasteiger partial charge in [0.05, 0.1) is 29.9 Å². The average Bonchev–Trinajstić information content (AvgIpc) is 2.49. The number of hydrogen-bond acceptors (Lipinski definition) is 4. The number of rotatable bonds is 9. The molecule has 0 saturated carbocycles. The standard InChI is InChI=1S/C15H19Cl2NO5/c1-15(14(20)21,10-3-4-11(16)12(17)9-10)18-13(19)5-6-23-8-7-22-2/h3-4,9H,5-8H2,1-2H3,(H,18,19)(H,20,21). The van der Waals surface area contributed by atoms with Crippen LogP contribution < -0.4 is 5.32 Å². The first-order valence-corrected chi connectivity index (χ1v) is 7.63. The second-order valence-corrected chi connectivity index (χ2v) is 5.78. The van der Waals surface area contributed by atoms with Crippen LogP contribution in [-0.2, 0) is 24.6 Å². The lowest BCUT2D eigenvalue weighted by atomic mass is 9.92. The van der Waals surface area contributed by atoms with E-state index in [0.29, 0.717) is 23.8 Å². The van der Waals surface area contributed by atoms with Gasteiger partial charge >= 0.3 is 5.97 Å².